The lowest BCUT2D eigenvalue weighted by Gasteiger charge is -2.21. The Labute approximate surface area is 114 Å². The molecule has 6 nitrogen and oxygen atoms in total. The second-order valence-corrected chi connectivity index (χ2v) is 6.11. The van der Waals surface area contributed by atoms with Crippen LogP contribution in [0.4, 0.5) is 4.79 Å². The van der Waals surface area contributed by atoms with E-state index in [4.69, 9.17) is 14.2 Å². The minimum Gasteiger partial charge on any atom is -0.444 e. The smallest absolute Gasteiger partial charge is 0.407 e. The fourth-order valence-electron chi connectivity index (χ4n) is 2.28. The molecular formula is C13H24N2O4. The maximum Gasteiger partial charge on any atom is 0.407 e. The summed E-state index contributed by atoms with van der Waals surface area (Å²) in [6.45, 7) is 8.35. The minimum atomic E-state index is -0.462. The number of nitrogens with one attached hydrogen (secondary N) is 2. The van der Waals surface area contributed by atoms with E-state index in [1.54, 1.807) is 0 Å². The number of hydrogen-bond donors (Lipinski definition) is 2. The van der Waals surface area contributed by atoms with E-state index in [9.17, 15) is 4.79 Å². The van der Waals surface area contributed by atoms with Gasteiger partial charge in [0.2, 0.25) is 0 Å². The second kappa shape index (κ2) is 5.64. The number of alkyl carbamates (subject to hydrolysis) is 1. The monoisotopic (exact) mass is 272 g/mol. The molecule has 2 rings (SSSR count). The van der Waals surface area contributed by atoms with Gasteiger partial charge in [-0.15, -0.1) is 0 Å². The van der Waals surface area contributed by atoms with Crippen LogP contribution in [0.25, 0.3) is 0 Å². The average molecular weight is 272 g/mol. The molecule has 2 aliphatic heterocycles. The lowest BCUT2D eigenvalue weighted by atomic mass is 10.2. The van der Waals surface area contributed by atoms with Crippen molar-refractivity contribution >= 4 is 6.09 Å². The van der Waals surface area contributed by atoms with Gasteiger partial charge in [-0.25, -0.2) is 4.79 Å². The summed E-state index contributed by atoms with van der Waals surface area (Å²) < 4.78 is 16.8. The summed E-state index contributed by atoms with van der Waals surface area (Å²) in [5, 5.41) is 5.97. The van der Waals surface area contributed by atoms with E-state index in [2.05, 4.69) is 10.6 Å². The first-order valence-corrected chi connectivity index (χ1v) is 6.88. The molecule has 0 aromatic rings. The summed E-state index contributed by atoms with van der Waals surface area (Å²) in [6.07, 6.45) is 1.29. The number of amides is 1. The van der Waals surface area contributed by atoms with E-state index in [1.807, 2.05) is 20.8 Å². The Kier molecular flexibility index (Phi) is 4.32. The topological polar surface area (TPSA) is 68.8 Å². The molecule has 2 atom stereocenters. The Balaban J connectivity index is 1.63. The fourth-order valence-corrected chi connectivity index (χ4v) is 2.28. The molecule has 2 saturated heterocycles. The van der Waals surface area contributed by atoms with Crippen LogP contribution in [0.2, 0.25) is 0 Å². The molecule has 2 heterocycles. The van der Waals surface area contributed by atoms with Crippen molar-refractivity contribution in [3.63, 3.8) is 0 Å². The van der Waals surface area contributed by atoms with Crippen LogP contribution in [-0.2, 0) is 14.2 Å². The maximum atomic E-state index is 11.5. The van der Waals surface area contributed by atoms with Crippen LogP contribution in [0, 0.1) is 0 Å². The molecule has 2 N–H and O–H groups in total. The lowest BCUT2D eigenvalue weighted by molar-refractivity contribution is -0.151. The van der Waals surface area contributed by atoms with Gasteiger partial charge in [0, 0.05) is 26.1 Å². The van der Waals surface area contributed by atoms with Gasteiger partial charge in [0.15, 0.2) is 5.79 Å². The van der Waals surface area contributed by atoms with Crippen LogP contribution in [-0.4, -0.2) is 49.8 Å². The highest BCUT2D eigenvalue weighted by atomic mass is 16.7. The SMILES string of the molecule is CC(C)(C)OC(=O)NCCC1COC2(CCNC2)O1. The van der Waals surface area contributed by atoms with Crippen LogP contribution in [0.15, 0.2) is 0 Å². The fraction of sp³-hybridized carbons (Fsp3) is 0.923. The molecule has 0 radical (unpaired) electrons. The van der Waals surface area contributed by atoms with Crippen LogP contribution in [0.1, 0.15) is 33.6 Å². The highest BCUT2D eigenvalue weighted by Gasteiger charge is 2.43. The highest BCUT2D eigenvalue weighted by Crippen LogP contribution is 2.30. The molecule has 0 aliphatic carbocycles. The largest absolute Gasteiger partial charge is 0.444 e. The number of ether oxygens (including phenoxy) is 3. The molecule has 2 fully saturated rings. The molecule has 0 saturated carbocycles. The third-order valence-electron chi connectivity index (χ3n) is 3.13. The molecule has 0 aromatic heterocycles. The molecule has 1 spiro atoms. The zero-order valence-electron chi connectivity index (χ0n) is 12.0. The van der Waals surface area contributed by atoms with E-state index in [-0.39, 0.29) is 12.2 Å². The second-order valence-electron chi connectivity index (χ2n) is 6.11. The Hall–Kier alpha value is -0.850. The summed E-state index contributed by atoms with van der Waals surface area (Å²) >= 11 is 0. The number of hydrogen-bond acceptors (Lipinski definition) is 5. The Morgan fingerprint density at radius 3 is 2.95 bits per heavy atom. The summed E-state index contributed by atoms with van der Waals surface area (Å²) in [7, 11) is 0. The van der Waals surface area contributed by atoms with E-state index >= 15 is 0 Å². The van der Waals surface area contributed by atoms with Gasteiger partial charge in [0.25, 0.3) is 0 Å². The first kappa shape index (κ1) is 14.6. The normalized spacial score (nSPS) is 30.8. The molecule has 0 bridgehead atoms. The third-order valence-corrected chi connectivity index (χ3v) is 3.13. The van der Waals surface area contributed by atoms with E-state index in [0.29, 0.717) is 13.2 Å². The molecule has 2 unspecified atom stereocenters. The van der Waals surface area contributed by atoms with Gasteiger partial charge < -0.3 is 24.8 Å². The van der Waals surface area contributed by atoms with Crippen LogP contribution in [0.5, 0.6) is 0 Å². The Morgan fingerprint density at radius 2 is 2.32 bits per heavy atom. The van der Waals surface area contributed by atoms with E-state index in [0.717, 1.165) is 25.9 Å². The number of rotatable bonds is 3. The Bertz CT molecular complexity index is 321. The van der Waals surface area contributed by atoms with Crippen LogP contribution in [0.3, 0.4) is 0 Å². The summed E-state index contributed by atoms with van der Waals surface area (Å²) in [6, 6.07) is 0. The first-order chi connectivity index (χ1) is 8.89. The average Bonchev–Trinajstić information content (AvgIpc) is 2.88. The molecule has 1 amide bonds. The number of carbonyl (C=O) groups excluding carboxylic acids is 1. The predicted molar refractivity (Wildman–Crippen MR) is 69.9 cm³/mol. The van der Waals surface area contributed by atoms with Gasteiger partial charge in [-0.05, 0) is 27.2 Å². The summed E-state index contributed by atoms with van der Waals surface area (Å²) in [4.78, 5) is 11.5. The van der Waals surface area contributed by atoms with Gasteiger partial charge in [-0.1, -0.05) is 0 Å². The first-order valence-electron chi connectivity index (χ1n) is 6.88. The number of carbonyl (C=O) groups is 1. The maximum absolute atomic E-state index is 11.5. The standard InChI is InChI=1S/C13H24N2O4/c1-12(2,3)19-11(16)15-6-4-10-8-17-13(18-10)5-7-14-9-13/h10,14H,4-9H2,1-3H3,(H,15,16). The van der Waals surface area contributed by atoms with Gasteiger partial charge in [0.1, 0.15) is 5.60 Å². The van der Waals surface area contributed by atoms with Crippen molar-refractivity contribution in [2.24, 2.45) is 0 Å². The quantitative estimate of drug-likeness (QED) is 0.802. The van der Waals surface area contributed by atoms with Crippen molar-refractivity contribution in [1.82, 2.24) is 10.6 Å². The van der Waals surface area contributed by atoms with E-state index < -0.39 is 11.4 Å². The molecule has 6 heteroatoms. The molecule has 19 heavy (non-hydrogen) atoms. The molecule has 2 aliphatic rings. The zero-order chi connectivity index (χ0) is 13.9. The van der Waals surface area contributed by atoms with E-state index in [1.165, 1.54) is 0 Å². The van der Waals surface area contributed by atoms with Crippen LogP contribution >= 0.6 is 0 Å². The Morgan fingerprint density at radius 1 is 1.53 bits per heavy atom. The highest BCUT2D eigenvalue weighted by molar-refractivity contribution is 5.67. The van der Waals surface area contributed by atoms with Crippen LogP contribution < -0.4 is 10.6 Å². The van der Waals surface area contributed by atoms with Crippen molar-refractivity contribution in [1.29, 1.82) is 0 Å². The summed E-state index contributed by atoms with van der Waals surface area (Å²) in [5.74, 6) is -0.420. The molecular weight excluding hydrogens is 248 g/mol. The minimum absolute atomic E-state index is 0.0508. The van der Waals surface area contributed by atoms with Crippen molar-refractivity contribution in [2.75, 3.05) is 26.2 Å². The summed E-state index contributed by atoms with van der Waals surface area (Å²) in [5.41, 5.74) is -0.462. The van der Waals surface area contributed by atoms with Gasteiger partial charge in [-0.3, -0.25) is 0 Å². The van der Waals surface area contributed by atoms with Gasteiger partial charge >= 0.3 is 6.09 Å². The molecule has 0 aromatic carbocycles. The lowest BCUT2D eigenvalue weighted by Crippen LogP contribution is -2.35. The van der Waals surface area contributed by atoms with Gasteiger partial charge in [0.05, 0.1) is 12.7 Å². The van der Waals surface area contributed by atoms with Gasteiger partial charge in [-0.2, -0.15) is 0 Å². The zero-order valence-corrected chi connectivity index (χ0v) is 12.0. The predicted octanol–water partition coefficient (Wildman–Crippen LogP) is 1.01. The third kappa shape index (κ3) is 4.33. The van der Waals surface area contributed by atoms with Crippen molar-refractivity contribution in [3.8, 4) is 0 Å². The van der Waals surface area contributed by atoms with Crippen molar-refractivity contribution in [3.05, 3.63) is 0 Å². The van der Waals surface area contributed by atoms with Crippen molar-refractivity contribution < 1.29 is 19.0 Å². The van der Waals surface area contributed by atoms with Crippen molar-refractivity contribution in [2.45, 2.75) is 51.1 Å². The molecule has 110 valence electrons.